The molecule has 3 N–H and O–H groups in total. The third-order valence-corrected chi connectivity index (χ3v) is 5.27. The summed E-state index contributed by atoms with van der Waals surface area (Å²) >= 11 is 0. The predicted octanol–water partition coefficient (Wildman–Crippen LogP) is 3.36. The highest BCUT2D eigenvalue weighted by Crippen LogP contribution is 2.34. The minimum Gasteiger partial charge on any atom is -0.457 e. The fourth-order valence-electron chi connectivity index (χ4n) is 3.65. The number of benzene rings is 2. The molecule has 0 radical (unpaired) electrons. The van der Waals surface area contributed by atoms with E-state index in [0.29, 0.717) is 35.6 Å². The van der Waals surface area contributed by atoms with E-state index in [4.69, 9.17) is 20.3 Å². The second kappa shape index (κ2) is 10.8. The molecule has 0 saturated heterocycles. The molecular weight excluding hydrogens is 434 g/mol. The zero-order chi connectivity index (χ0) is 23.9. The molecule has 1 amide bonds. The Labute approximate surface area is 197 Å². The number of nitrogen functional groups attached to an aromatic ring is 1. The fraction of sp³-hybridized carbons (Fsp3) is 0.240. The van der Waals surface area contributed by atoms with Gasteiger partial charge in [0, 0.05) is 18.2 Å². The van der Waals surface area contributed by atoms with Gasteiger partial charge in [0.05, 0.1) is 31.8 Å². The zero-order valence-electron chi connectivity index (χ0n) is 18.9. The van der Waals surface area contributed by atoms with Crippen molar-refractivity contribution < 1.29 is 19.4 Å². The number of para-hydroxylation sites is 1. The summed E-state index contributed by atoms with van der Waals surface area (Å²) in [5.74, 6) is 1.68. The van der Waals surface area contributed by atoms with Gasteiger partial charge < -0.3 is 20.3 Å². The largest absolute Gasteiger partial charge is 0.457 e. The minimum absolute atomic E-state index is 0.0773. The van der Waals surface area contributed by atoms with Gasteiger partial charge in [-0.1, -0.05) is 37.3 Å². The number of rotatable bonds is 10. The number of nitrogens with two attached hydrogens (primary N) is 1. The monoisotopic (exact) mass is 461 g/mol. The Morgan fingerprint density at radius 1 is 1.06 bits per heavy atom. The SMILES string of the molecule is CCC(=O)N(CCOCCO)n1cc(-c2ccc(Oc3ccccc3)cc2)c2c(N)ncnc21. The van der Waals surface area contributed by atoms with Crippen molar-refractivity contribution in [2.45, 2.75) is 13.3 Å². The van der Waals surface area contributed by atoms with E-state index in [1.165, 1.54) is 6.33 Å². The summed E-state index contributed by atoms with van der Waals surface area (Å²) in [6, 6.07) is 17.2. The maximum atomic E-state index is 12.8. The van der Waals surface area contributed by atoms with Crippen molar-refractivity contribution in [1.29, 1.82) is 0 Å². The first kappa shape index (κ1) is 23.2. The summed E-state index contributed by atoms with van der Waals surface area (Å²) in [4.78, 5) is 21.4. The maximum Gasteiger partial charge on any atom is 0.241 e. The van der Waals surface area contributed by atoms with Crippen LogP contribution in [-0.2, 0) is 9.53 Å². The first-order valence-electron chi connectivity index (χ1n) is 11.1. The number of aliphatic hydroxyl groups excluding tert-OH is 1. The first-order chi connectivity index (χ1) is 16.6. The van der Waals surface area contributed by atoms with Gasteiger partial charge in [0.25, 0.3) is 0 Å². The summed E-state index contributed by atoms with van der Waals surface area (Å²) in [7, 11) is 0. The summed E-state index contributed by atoms with van der Waals surface area (Å²) in [6.07, 6.45) is 3.52. The van der Waals surface area contributed by atoms with E-state index >= 15 is 0 Å². The number of carbonyl (C=O) groups is 1. The number of anilines is 1. The molecule has 2 aromatic carbocycles. The molecule has 4 aromatic rings. The highest BCUT2D eigenvalue weighted by molar-refractivity contribution is 6.02. The van der Waals surface area contributed by atoms with Crippen LogP contribution in [0.25, 0.3) is 22.2 Å². The van der Waals surface area contributed by atoms with Crippen molar-refractivity contribution in [2.75, 3.05) is 37.1 Å². The van der Waals surface area contributed by atoms with Crippen LogP contribution in [0.5, 0.6) is 11.5 Å². The number of carbonyl (C=O) groups excluding carboxylic acids is 1. The first-order valence-corrected chi connectivity index (χ1v) is 11.1. The van der Waals surface area contributed by atoms with Crippen LogP contribution in [0.2, 0.25) is 0 Å². The van der Waals surface area contributed by atoms with Gasteiger partial charge in [0.2, 0.25) is 5.91 Å². The van der Waals surface area contributed by atoms with Crippen LogP contribution < -0.4 is 15.5 Å². The average molecular weight is 462 g/mol. The van der Waals surface area contributed by atoms with Crippen molar-refractivity contribution in [1.82, 2.24) is 14.6 Å². The normalized spacial score (nSPS) is 11.0. The predicted molar refractivity (Wildman–Crippen MR) is 130 cm³/mol. The summed E-state index contributed by atoms with van der Waals surface area (Å²) < 4.78 is 13.0. The number of hydrogen-bond donors (Lipinski definition) is 2. The number of amides is 1. The molecule has 176 valence electrons. The number of aromatic nitrogens is 3. The van der Waals surface area contributed by atoms with Gasteiger partial charge in [-0.15, -0.1) is 0 Å². The molecule has 4 rings (SSSR count). The molecule has 0 unspecified atom stereocenters. The summed E-state index contributed by atoms with van der Waals surface area (Å²) in [6.45, 7) is 2.49. The van der Waals surface area contributed by atoms with Crippen molar-refractivity contribution >= 4 is 22.8 Å². The van der Waals surface area contributed by atoms with Crippen LogP contribution in [0.4, 0.5) is 5.82 Å². The topological polar surface area (TPSA) is 116 Å². The molecule has 0 aliphatic carbocycles. The summed E-state index contributed by atoms with van der Waals surface area (Å²) in [5.41, 5.74) is 8.44. The number of hydrogen-bond acceptors (Lipinski definition) is 7. The van der Waals surface area contributed by atoms with Gasteiger partial charge in [-0.2, -0.15) is 0 Å². The average Bonchev–Trinajstić information content (AvgIpc) is 3.25. The van der Waals surface area contributed by atoms with Gasteiger partial charge in [-0.25, -0.2) is 19.7 Å². The molecule has 9 nitrogen and oxygen atoms in total. The van der Waals surface area contributed by atoms with Crippen LogP contribution in [0.15, 0.2) is 67.1 Å². The highest BCUT2D eigenvalue weighted by atomic mass is 16.5. The van der Waals surface area contributed by atoms with E-state index in [1.54, 1.807) is 16.6 Å². The van der Waals surface area contributed by atoms with E-state index in [0.717, 1.165) is 16.9 Å². The molecule has 2 heterocycles. The van der Waals surface area contributed by atoms with Crippen molar-refractivity contribution in [3.63, 3.8) is 0 Å². The lowest BCUT2D eigenvalue weighted by Gasteiger charge is -2.23. The number of fused-ring (bicyclic) bond motifs is 1. The molecule has 0 aliphatic rings. The number of aliphatic hydroxyl groups is 1. The summed E-state index contributed by atoms with van der Waals surface area (Å²) in [5, 5.41) is 11.2. The van der Waals surface area contributed by atoms with Crippen LogP contribution in [0.3, 0.4) is 0 Å². The van der Waals surface area contributed by atoms with Crippen molar-refractivity contribution in [2.24, 2.45) is 0 Å². The Hall–Kier alpha value is -3.95. The molecule has 0 bridgehead atoms. The molecule has 0 spiro atoms. The number of nitrogens with zero attached hydrogens (tertiary/aromatic N) is 4. The second-order valence-electron chi connectivity index (χ2n) is 7.49. The zero-order valence-corrected chi connectivity index (χ0v) is 18.9. The Bertz CT molecular complexity index is 1240. The molecule has 34 heavy (non-hydrogen) atoms. The van der Waals surface area contributed by atoms with Crippen LogP contribution in [0, 0.1) is 0 Å². The lowest BCUT2D eigenvalue weighted by Crippen LogP contribution is -2.42. The standard InChI is InChI=1S/C25H27N5O4/c1-2-22(32)29(12-14-33-15-13-31)30-16-21(23-24(26)27-17-28-25(23)30)18-8-10-20(11-9-18)34-19-6-4-3-5-7-19/h3-11,16-17,31H,2,12-15H2,1H3,(H2,26,27,28). The van der Waals surface area contributed by atoms with E-state index in [2.05, 4.69) is 9.97 Å². The lowest BCUT2D eigenvalue weighted by molar-refractivity contribution is -0.120. The fourth-order valence-corrected chi connectivity index (χ4v) is 3.65. The molecular formula is C25H27N5O4. The van der Waals surface area contributed by atoms with E-state index < -0.39 is 0 Å². The van der Waals surface area contributed by atoms with Crippen LogP contribution >= 0.6 is 0 Å². The lowest BCUT2D eigenvalue weighted by atomic mass is 10.1. The third kappa shape index (κ3) is 5.00. The van der Waals surface area contributed by atoms with Gasteiger partial charge in [0.1, 0.15) is 23.6 Å². The van der Waals surface area contributed by atoms with Crippen LogP contribution in [0.1, 0.15) is 13.3 Å². The smallest absolute Gasteiger partial charge is 0.241 e. The van der Waals surface area contributed by atoms with Crippen LogP contribution in [-0.4, -0.2) is 52.0 Å². The molecule has 2 aromatic heterocycles. The van der Waals surface area contributed by atoms with E-state index in [1.807, 2.05) is 60.8 Å². The molecule has 0 fully saturated rings. The van der Waals surface area contributed by atoms with E-state index in [9.17, 15) is 4.79 Å². The van der Waals surface area contributed by atoms with Crippen molar-refractivity contribution in [3.8, 4) is 22.6 Å². The quantitative estimate of drug-likeness (QED) is 0.348. The Balaban J connectivity index is 1.70. The second-order valence-corrected chi connectivity index (χ2v) is 7.49. The molecule has 0 atom stereocenters. The number of ether oxygens (including phenoxy) is 2. The Morgan fingerprint density at radius 3 is 2.50 bits per heavy atom. The van der Waals surface area contributed by atoms with E-state index in [-0.39, 0.29) is 25.7 Å². The van der Waals surface area contributed by atoms with Gasteiger partial charge >= 0.3 is 0 Å². The Kier molecular flexibility index (Phi) is 7.36. The maximum absolute atomic E-state index is 12.8. The van der Waals surface area contributed by atoms with Gasteiger partial charge in [-0.3, -0.25) is 4.79 Å². The highest BCUT2D eigenvalue weighted by Gasteiger charge is 2.21. The minimum atomic E-state index is -0.0974. The molecule has 0 aliphatic heterocycles. The van der Waals surface area contributed by atoms with Crippen molar-refractivity contribution in [3.05, 3.63) is 67.1 Å². The Morgan fingerprint density at radius 2 is 1.79 bits per heavy atom. The van der Waals surface area contributed by atoms with Gasteiger partial charge in [0.15, 0.2) is 5.65 Å². The van der Waals surface area contributed by atoms with Gasteiger partial charge in [-0.05, 0) is 29.8 Å². The third-order valence-electron chi connectivity index (χ3n) is 5.27. The molecule has 9 heteroatoms. The molecule has 0 saturated carbocycles.